The van der Waals surface area contributed by atoms with Crippen LogP contribution in [0, 0.1) is 5.92 Å². The van der Waals surface area contributed by atoms with Crippen molar-refractivity contribution in [2.24, 2.45) is 5.92 Å². The number of aliphatic carboxylic acids is 1. The summed E-state index contributed by atoms with van der Waals surface area (Å²) in [6.45, 7) is 0.861. The van der Waals surface area contributed by atoms with E-state index >= 15 is 0 Å². The van der Waals surface area contributed by atoms with Gasteiger partial charge >= 0.3 is 12.0 Å². The highest BCUT2D eigenvalue weighted by Crippen LogP contribution is 2.18. The molecule has 124 valence electrons. The first-order valence-electron chi connectivity index (χ1n) is 8.11. The molecule has 1 aliphatic carbocycles. The number of amides is 3. The highest BCUT2D eigenvalue weighted by molar-refractivity contribution is 5.84. The van der Waals surface area contributed by atoms with Crippen LogP contribution < -0.4 is 10.6 Å². The number of rotatable bonds is 4. The summed E-state index contributed by atoms with van der Waals surface area (Å²) in [5.74, 6) is -1.30. The van der Waals surface area contributed by atoms with Gasteiger partial charge in [-0.15, -0.1) is 0 Å². The van der Waals surface area contributed by atoms with Crippen molar-refractivity contribution < 1.29 is 19.5 Å². The maximum absolute atomic E-state index is 12.0. The number of nitrogens with one attached hydrogen (secondary N) is 2. The van der Waals surface area contributed by atoms with Crippen molar-refractivity contribution in [1.82, 2.24) is 15.5 Å². The van der Waals surface area contributed by atoms with Crippen molar-refractivity contribution in [1.29, 1.82) is 0 Å². The number of urea groups is 1. The van der Waals surface area contributed by atoms with Crippen LogP contribution in [0.15, 0.2) is 0 Å². The predicted molar refractivity (Wildman–Crippen MR) is 80.3 cm³/mol. The van der Waals surface area contributed by atoms with Crippen LogP contribution in [0.1, 0.15) is 44.9 Å². The Morgan fingerprint density at radius 3 is 2.23 bits per heavy atom. The molecular formula is C15H25N3O4. The molecule has 0 aromatic heterocycles. The lowest BCUT2D eigenvalue weighted by Gasteiger charge is -2.30. The van der Waals surface area contributed by atoms with Crippen molar-refractivity contribution >= 4 is 17.9 Å². The molecule has 0 atom stereocenters. The molecule has 1 saturated heterocycles. The van der Waals surface area contributed by atoms with E-state index in [9.17, 15) is 14.4 Å². The number of likely N-dealkylation sites (tertiary alicyclic amines) is 1. The summed E-state index contributed by atoms with van der Waals surface area (Å²) in [5.41, 5.74) is 0. The second kappa shape index (κ2) is 8.00. The third kappa shape index (κ3) is 4.89. The number of carboxylic acid groups (broad SMARTS) is 1. The Bertz CT molecular complexity index is 413. The summed E-state index contributed by atoms with van der Waals surface area (Å²) < 4.78 is 0. The highest BCUT2D eigenvalue weighted by Gasteiger charge is 2.27. The van der Waals surface area contributed by atoms with Crippen molar-refractivity contribution in [2.75, 3.05) is 19.6 Å². The van der Waals surface area contributed by atoms with E-state index in [1.807, 2.05) is 0 Å². The maximum Gasteiger partial charge on any atom is 0.315 e. The van der Waals surface area contributed by atoms with Crippen molar-refractivity contribution in [3.63, 3.8) is 0 Å². The maximum atomic E-state index is 12.0. The van der Waals surface area contributed by atoms with Gasteiger partial charge < -0.3 is 20.6 Å². The molecule has 0 aromatic carbocycles. The molecule has 0 unspecified atom stereocenters. The Hall–Kier alpha value is -1.79. The second-order valence-corrected chi connectivity index (χ2v) is 6.16. The molecule has 0 spiro atoms. The molecule has 2 aliphatic rings. The number of hydrogen-bond acceptors (Lipinski definition) is 3. The number of nitrogens with zero attached hydrogens (tertiary/aromatic N) is 1. The minimum absolute atomic E-state index is 0.0315. The fourth-order valence-electron chi connectivity index (χ4n) is 3.13. The first-order chi connectivity index (χ1) is 10.6. The predicted octanol–water partition coefficient (Wildman–Crippen LogP) is 0.941. The Morgan fingerprint density at radius 2 is 1.64 bits per heavy atom. The zero-order chi connectivity index (χ0) is 15.9. The normalized spacial score (nSPS) is 20.5. The van der Waals surface area contributed by atoms with E-state index in [4.69, 9.17) is 5.11 Å². The largest absolute Gasteiger partial charge is 0.481 e. The molecule has 0 aromatic rings. The Balaban J connectivity index is 1.65. The number of piperidine rings is 1. The van der Waals surface area contributed by atoms with Crippen LogP contribution in [-0.4, -0.2) is 53.6 Å². The number of carboxylic acids is 1. The van der Waals surface area contributed by atoms with Crippen LogP contribution >= 0.6 is 0 Å². The summed E-state index contributed by atoms with van der Waals surface area (Å²) in [4.78, 5) is 36.3. The van der Waals surface area contributed by atoms with Gasteiger partial charge in [-0.2, -0.15) is 0 Å². The first-order valence-corrected chi connectivity index (χ1v) is 8.11. The summed E-state index contributed by atoms with van der Waals surface area (Å²) >= 11 is 0. The lowest BCUT2D eigenvalue weighted by Crippen LogP contribution is -2.48. The van der Waals surface area contributed by atoms with Gasteiger partial charge in [-0.1, -0.05) is 19.3 Å². The summed E-state index contributed by atoms with van der Waals surface area (Å²) in [7, 11) is 0. The minimum Gasteiger partial charge on any atom is -0.481 e. The van der Waals surface area contributed by atoms with Gasteiger partial charge in [0, 0.05) is 19.1 Å². The van der Waals surface area contributed by atoms with E-state index < -0.39 is 5.97 Å². The average molecular weight is 311 g/mol. The van der Waals surface area contributed by atoms with Crippen LogP contribution in [0.25, 0.3) is 0 Å². The van der Waals surface area contributed by atoms with E-state index in [0.717, 1.165) is 25.7 Å². The SMILES string of the molecule is O=C(NCC(=O)N1CCC(C(=O)O)CC1)NC1CCCCC1. The Labute approximate surface area is 130 Å². The van der Waals surface area contributed by atoms with E-state index in [1.165, 1.54) is 6.42 Å². The quantitative estimate of drug-likeness (QED) is 0.719. The summed E-state index contributed by atoms with van der Waals surface area (Å²) in [6, 6.07) is -0.0733. The fourth-order valence-corrected chi connectivity index (χ4v) is 3.13. The Kier molecular flexibility index (Phi) is 6.03. The lowest BCUT2D eigenvalue weighted by atomic mass is 9.96. The molecule has 0 bridgehead atoms. The molecule has 7 heteroatoms. The molecule has 1 aliphatic heterocycles. The van der Waals surface area contributed by atoms with Crippen LogP contribution in [0.5, 0.6) is 0 Å². The van der Waals surface area contributed by atoms with E-state index in [-0.39, 0.29) is 30.4 Å². The molecule has 2 rings (SSSR count). The van der Waals surface area contributed by atoms with E-state index in [1.54, 1.807) is 4.90 Å². The standard InChI is InChI=1S/C15H25N3O4/c19-13(18-8-6-11(7-9-18)14(20)21)10-16-15(22)17-12-4-2-1-3-5-12/h11-12H,1-10H2,(H,20,21)(H2,16,17,22). The molecule has 3 N–H and O–H groups in total. The van der Waals surface area contributed by atoms with E-state index in [0.29, 0.717) is 25.9 Å². The van der Waals surface area contributed by atoms with Crippen LogP contribution in [0.3, 0.4) is 0 Å². The Morgan fingerprint density at radius 1 is 1.00 bits per heavy atom. The average Bonchev–Trinajstić information content (AvgIpc) is 2.53. The third-order valence-electron chi connectivity index (χ3n) is 4.54. The second-order valence-electron chi connectivity index (χ2n) is 6.16. The molecular weight excluding hydrogens is 286 g/mol. The molecule has 1 saturated carbocycles. The van der Waals surface area contributed by atoms with Crippen LogP contribution in [0.2, 0.25) is 0 Å². The first kappa shape index (κ1) is 16.6. The van der Waals surface area contributed by atoms with Gasteiger partial charge in [0.05, 0.1) is 12.5 Å². The third-order valence-corrected chi connectivity index (χ3v) is 4.54. The lowest BCUT2D eigenvalue weighted by molar-refractivity contribution is -0.145. The molecule has 22 heavy (non-hydrogen) atoms. The smallest absolute Gasteiger partial charge is 0.315 e. The summed E-state index contributed by atoms with van der Waals surface area (Å²) in [6.07, 6.45) is 6.48. The zero-order valence-corrected chi connectivity index (χ0v) is 12.8. The number of carbonyl (C=O) groups is 3. The van der Waals surface area contributed by atoms with Gasteiger partial charge in [0.2, 0.25) is 5.91 Å². The topological polar surface area (TPSA) is 98.7 Å². The van der Waals surface area contributed by atoms with Crippen molar-refractivity contribution in [2.45, 2.75) is 51.0 Å². The number of hydrogen-bond donors (Lipinski definition) is 3. The monoisotopic (exact) mass is 311 g/mol. The molecule has 7 nitrogen and oxygen atoms in total. The van der Waals surface area contributed by atoms with Crippen molar-refractivity contribution in [3.8, 4) is 0 Å². The molecule has 2 fully saturated rings. The fraction of sp³-hybridized carbons (Fsp3) is 0.800. The van der Waals surface area contributed by atoms with Gasteiger partial charge in [0.15, 0.2) is 0 Å². The van der Waals surface area contributed by atoms with E-state index in [2.05, 4.69) is 10.6 Å². The van der Waals surface area contributed by atoms with Crippen LogP contribution in [0.4, 0.5) is 4.79 Å². The zero-order valence-electron chi connectivity index (χ0n) is 12.8. The molecule has 3 amide bonds. The van der Waals surface area contributed by atoms with Crippen LogP contribution in [-0.2, 0) is 9.59 Å². The minimum atomic E-state index is -0.794. The van der Waals surface area contributed by atoms with Gasteiger partial charge in [-0.25, -0.2) is 4.79 Å². The summed E-state index contributed by atoms with van der Waals surface area (Å²) in [5, 5.41) is 14.4. The molecule has 1 heterocycles. The van der Waals surface area contributed by atoms with Gasteiger partial charge in [0.25, 0.3) is 0 Å². The number of carbonyl (C=O) groups excluding carboxylic acids is 2. The van der Waals surface area contributed by atoms with Crippen molar-refractivity contribution in [3.05, 3.63) is 0 Å². The van der Waals surface area contributed by atoms with Gasteiger partial charge in [0.1, 0.15) is 0 Å². The highest BCUT2D eigenvalue weighted by atomic mass is 16.4. The van der Waals surface area contributed by atoms with Gasteiger partial charge in [-0.05, 0) is 25.7 Å². The molecule has 0 radical (unpaired) electrons. The van der Waals surface area contributed by atoms with Gasteiger partial charge in [-0.3, -0.25) is 9.59 Å².